The van der Waals surface area contributed by atoms with Gasteiger partial charge in [-0.1, -0.05) is 12.1 Å². The van der Waals surface area contributed by atoms with Crippen LogP contribution in [0.25, 0.3) is 16.9 Å². The lowest BCUT2D eigenvalue weighted by Gasteiger charge is -2.28. The number of nitrogens with zero attached hydrogens (tertiary/aromatic N) is 4. The summed E-state index contributed by atoms with van der Waals surface area (Å²) in [6.45, 7) is 3.46. The summed E-state index contributed by atoms with van der Waals surface area (Å²) < 4.78 is 40.8. The summed E-state index contributed by atoms with van der Waals surface area (Å²) in [6, 6.07) is 8.41. The van der Waals surface area contributed by atoms with Gasteiger partial charge in [0, 0.05) is 31.7 Å². The number of aromatic nitrogens is 4. The molecule has 1 aliphatic rings. The molecule has 10 nitrogen and oxygen atoms in total. The zero-order valence-corrected chi connectivity index (χ0v) is 20.7. The number of nitrogens with one attached hydrogen (secondary N) is 2. The van der Waals surface area contributed by atoms with E-state index in [1.54, 1.807) is 24.3 Å². The zero-order valence-electron chi connectivity index (χ0n) is 20.7. The number of fused-ring (bicyclic) bond motifs is 1. The van der Waals surface area contributed by atoms with Crippen LogP contribution in [0, 0.1) is 5.92 Å². The molecule has 0 saturated heterocycles. The number of ether oxygens (including phenoxy) is 2. The molecule has 200 valence electrons. The zero-order chi connectivity index (χ0) is 26.2. The molecule has 0 aliphatic heterocycles. The number of aliphatic hydroxyl groups is 1. The van der Waals surface area contributed by atoms with Gasteiger partial charge in [-0.25, -0.2) is 13.8 Å². The molecule has 12 heteroatoms. The Labute approximate surface area is 213 Å². The fourth-order valence-electron chi connectivity index (χ4n) is 4.42. The van der Waals surface area contributed by atoms with E-state index < -0.39 is 12.2 Å². The number of rotatable bonds is 12. The van der Waals surface area contributed by atoms with Crippen LogP contribution in [0.5, 0.6) is 5.88 Å². The number of anilines is 1. The van der Waals surface area contributed by atoms with Gasteiger partial charge in [0.15, 0.2) is 5.82 Å². The van der Waals surface area contributed by atoms with Crippen molar-refractivity contribution < 1.29 is 28.2 Å². The maximum atomic E-state index is 14.0. The van der Waals surface area contributed by atoms with E-state index in [4.69, 9.17) is 14.6 Å². The Morgan fingerprint density at radius 3 is 2.68 bits per heavy atom. The van der Waals surface area contributed by atoms with E-state index in [2.05, 4.69) is 25.6 Å². The van der Waals surface area contributed by atoms with Crippen molar-refractivity contribution in [3.63, 3.8) is 0 Å². The molecule has 0 spiro atoms. The van der Waals surface area contributed by atoms with Gasteiger partial charge in [-0.2, -0.15) is 9.97 Å². The number of imidazole rings is 1. The van der Waals surface area contributed by atoms with Crippen molar-refractivity contribution in [2.75, 3.05) is 38.2 Å². The lowest BCUT2D eigenvalue weighted by molar-refractivity contribution is -0.126. The number of benzene rings is 1. The Balaban J connectivity index is 1.58. The average molecular weight is 519 g/mol. The third-order valence-electron chi connectivity index (χ3n) is 6.18. The van der Waals surface area contributed by atoms with Gasteiger partial charge < -0.3 is 25.2 Å². The van der Waals surface area contributed by atoms with Gasteiger partial charge >= 0.3 is 0 Å². The van der Waals surface area contributed by atoms with Gasteiger partial charge in [0.1, 0.15) is 11.9 Å². The smallest absolute Gasteiger partial charge is 0.296 e. The first kappa shape index (κ1) is 26.7. The molecule has 37 heavy (non-hydrogen) atoms. The number of hydrogen-bond acceptors (Lipinski definition) is 8. The molecule has 0 atom stereocenters. The van der Waals surface area contributed by atoms with Crippen molar-refractivity contribution in [2.45, 2.75) is 45.1 Å². The SMILES string of the molecule is CCOCCNc1nc(OC2CCC(C(=O)NCCO)CC2)cc(-n2c(C(F)F)nc3ccccc32)n1. The maximum absolute atomic E-state index is 14.0. The van der Waals surface area contributed by atoms with E-state index in [0.717, 1.165) is 0 Å². The van der Waals surface area contributed by atoms with Gasteiger partial charge in [-0.15, -0.1) is 0 Å². The number of carbonyl (C=O) groups excluding carboxylic acids is 1. The summed E-state index contributed by atoms with van der Waals surface area (Å²) in [5, 5.41) is 14.7. The quantitative estimate of drug-likeness (QED) is 0.312. The molecule has 1 fully saturated rings. The first-order valence-corrected chi connectivity index (χ1v) is 12.5. The normalized spacial score (nSPS) is 17.8. The topological polar surface area (TPSA) is 123 Å². The van der Waals surface area contributed by atoms with Crippen LogP contribution in [0.2, 0.25) is 0 Å². The van der Waals surface area contributed by atoms with E-state index in [1.165, 1.54) is 10.6 Å². The van der Waals surface area contributed by atoms with Crippen LogP contribution in [0.4, 0.5) is 14.7 Å². The fourth-order valence-corrected chi connectivity index (χ4v) is 4.42. The van der Waals surface area contributed by atoms with Crippen LogP contribution in [-0.2, 0) is 9.53 Å². The molecule has 4 rings (SSSR count). The van der Waals surface area contributed by atoms with Crippen molar-refractivity contribution in [3.05, 3.63) is 36.2 Å². The van der Waals surface area contributed by atoms with Crippen molar-refractivity contribution in [1.82, 2.24) is 24.8 Å². The van der Waals surface area contributed by atoms with E-state index >= 15 is 0 Å². The first-order valence-electron chi connectivity index (χ1n) is 12.5. The summed E-state index contributed by atoms with van der Waals surface area (Å²) in [4.78, 5) is 25.3. The predicted molar refractivity (Wildman–Crippen MR) is 133 cm³/mol. The van der Waals surface area contributed by atoms with Crippen molar-refractivity contribution in [1.29, 1.82) is 0 Å². The van der Waals surface area contributed by atoms with Crippen LogP contribution < -0.4 is 15.4 Å². The number of carbonyl (C=O) groups is 1. The minimum Gasteiger partial charge on any atom is -0.474 e. The Morgan fingerprint density at radius 2 is 1.95 bits per heavy atom. The number of para-hydroxylation sites is 2. The minimum absolute atomic E-state index is 0.0656. The number of amides is 1. The summed E-state index contributed by atoms with van der Waals surface area (Å²) in [6.07, 6.45) is -0.439. The van der Waals surface area contributed by atoms with E-state index in [-0.39, 0.29) is 48.7 Å². The van der Waals surface area contributed by atoms with Crippen LogP contribution >= 0.6 is 0 Å². The summed E-state index contributed by atoms with van der Waals surface area (Å²) >= 11 is 0. The molecule has 2 heterocycles. The monoisotopic (exact) mass is 518 g/mol. The van der Waals surface area contributed by atoms with Crippen LogP contribution in [0.15, 0.2) is 30.3 Å². The highest BCUT2D eigenvalue weighted by molar-refractivity contribution is 5.79. The molecule has 2 aromatic heterocycles. The van der Waals surface area contributed by atoms with Crippen LogP contribution in [-0.4, -0.2) is 69.5 Å². The van der Waals surface area contributed by atoms with E-state index in [1.807, 2.05) is 6.92 Å². The maximum Gasteiger partial charge on any atom is 0.296 e. The minimum atomic E-state index is -2.81. The molecule has 1 amide bonds. The molecule has 3 aromatic rings. The molecule has 1 aromatic carbocycles. The predicted octanol–water partition coefficient (Wildman–Crippen LogP) is 3.25. The van der Waals surface area contributed by atoms with Crippen molar-refractivity contribution >= 4 is 22.9 Å². The van der Waals surface area contributed by atoms with Crippen LogP contribution in [0.1, 0.15) is 44.9 Å². The van der Waals surface area contributed by atoms with Crippen molar-refractivity contribution in [2.24, 2.45) is 5.92 Å². The summed E-state index contributed by atoms with van der Waals surface area (Å²) in [5.41, 5.74) is 0.930. The van der Waals surface area contributed by atoms with Gasteiger partial charge in [0.05, 0.1) is 24.2 Å². The Hall–Kier alpha value is -3.38. The van der Waals surface area contributed by atoms with Gasteiger partial charge in [0.2, 0.25) is 17.7 Å². The standard InChI is InChI=1S/C25H32F2N6O4/c1-2-36-14-12-29-25-31-20(33-19-6-4-3-5-18(19)30-23(33)22(26)27)15-21(32-25)37-17-9-7-16(8-10-17)24(35)28-11-13-34/h3-6,15-17,22,34H,2,7-14H2,1H3,(H,28,35)(H,29,31,32). The second-order valence-electron chi connectivity index (χ2n) is 8.71. The molecule has 1 aliphatic carbocycles. The summed E-state index contributed by atoms with van der Waals surface area (Å²) in [5.74, 6) is 0.0704. The van der Waals surface area contributed by atoms with Crippen LogP contribution in [0.3, 0.4) is 0 Å². The summed E-state index contributed by atoms with van der Waals surface area (Å²) in [7, 11) is 0. The molecule has 0 radical (unpaired) electrons. The molecule has 0 unspecified atom stereocenters. The Bertz CT molecular complexity index is 1180. The highest BCUT2D eigenvalue weighted by Crippen LogP contribution is 2.31. The third-order valence-corrected chi connectivity index (χ3v) is 6.18. The fraction of sp³-hybridized carbons (Fsp3) is 0.520. The largest absolute Gasteiger partial charge is 0.474 e. The lowest BCUT2D eigenvalue weighted by atomic mass is 9.87. The molecule has 0 bridgehead atoms. The molecular weight excluding hydrogens is 486 g/mol. The van der Waals surface area contributed by atoms with E-state index in [9.17, 15) is 13.6 Å². The highest BCUT2D eigenvalue weighted by atomic mass is 19.3. The molecular formula is C25H32F2N6O4. The average Bonchev–Trinajstić information content (AvgIpc) is 3.30. The van der Waals surface area contributed by atoms with Gasteiger partial charge in [-0.3, -0.25) is 9.36 Å². The molecule has 3 N–H and O–H groups in total. The Kier molecular flexibility index (Phi) is 9.18. The van der Waals surface area contributed by atoms with Gasteiger partial charge in [0.25, 0.3) is 6.43 Å². The second kappa shape index (κ2) is 12.7. The molecule has 1 saturated carbocycles. The van der Waals surface area contributed by atoms with E-state index in [0.29, 0.717) is 56.5 Å². The number of alkyl halides is 2. The first-order chi connectivity index (χ1) is 18.0. The number of hydrogen-bond donors (Lipinski definition) is 3. The van der Waals surface area contributed by atoms with Crippen molar-refractivity contribution in [3.8, 4) is 11.7 Å². The second-order valence-corrected chi connectivity index (χ2v) is 8.71. The lowest BCUT2D eigenvalue weighted by Crippen LogP contribution is -2.36. The number of aliphatic hydroxyl groups excluding tert-OH is 1. The third kappa shape index (κ3) is 6.69. The van der Waals surface area contributed by atoms with Gasteiger partial charge in [-0.05, 0) is 44.7 Å². The highest BCUT2D eigenvalue weighted by Gasteiger charge is 2.28. The number of halogens is 2. The Morgan fingerprint density at radius 1 is 1.16 bits per heavy atom.